The third-order valence-electron chi connectivity index (χ3n) is 5.32. The van der Waals surface area contributed by atoms with Crippen LogP contribution in [0.4, 0.5) is 0 Å². The third kappa shape index (κ3) is 3.58. The summed E-state index contributed by atoms with van der Waals surface area (Å²) in [4.78, 5) is 10.7. The van der Waals surface area contributed by atoms with Crippen molar-refractivity contribution >= 4 is 33.6 Å². The Morgan fingerprint density at radius 1 is 0.893 bits per heavy atom. The Kier molecular flexibility index (Phi) is 4.91. The van der Waals surface area contributed by atoms with Crippen LogP contribution in [0.5, 0.6) is 0 Å². The molecule has 4 aromatic rings. The first-order chi connectivity index (χ1) is 13.9. The zero-order chi connectivity index (χ0) is 18.8. The quantitative estimate of drug-likeness (QED) is 0.521. The van der Waals surface area contributed by atoms with Crippen LogP contribution in [0.3, 0.4) is 0 Å². The summed E-state index contributed by atoms with van der Waals surface area (Å²) in [5, 5.41) is 0. The molecule has 0 N–H and O–H groups in total. The van der Waals surface area contributed by atoms with Gasteiger partial charge in [-0.25, -0.2) is 4.98 Å². The minimum atomic E-state index is 0.883. The predicted octanol–water partition coefficient (Wildman–Crippen LogP) is 3.78. The molecule has 0 saturated carbocycles. The van der Waals surface area contributed by atoms with E-state index in [0.717, 1.165) is 61.1 Å². The van der Waals surface area contributed by atoms with E-state index in [1.165, 1.54) is 17.1 Å². The van der Waals surface area contributed by atoms with Crippen LogP contribution in [-0.2, 0) is 6.54 Å². The standard InChI is InChI=1S/C22H23N5S/c1-2-7-18(8-3-1)9-6-12-25-13-15-26(16-14-25)17-21-24-28-22-23-19-10-4-5-11-20(19)27(21)22/h1-11H,12-17H2/b9-6+. The van der Waals surface area contributed by atoms with Gasteiger partial charge in [-0.3, -0.25) is 14.2 Å². The number of hydrogen-bond acceptors (Lipinski definition) is 5. The fourth-order valence-electron chi connectivity index (χ4n) is 3.78. The number of nitrogens with zero attached hydrogens (tertiary/aromatic N) is 5. The summed E-state index contributed by atoms with van der Waals surface area (Å²) in [5.41, 5.74) is 3.47. The maximum Gasteiger partial charge on any atom is 0.214 e. The van der Waals surface area contributed by atoms with Crippen LogP contribution in [0.25, 0.3) is 22.1 Å². The molecule has 2 aromatic heterocycles. The van der Waals surface area contributed by atoms with Crippen molar-refractivity contribution in [1.82, 2.24) is 23.6 Å². The van der Waals surface area contributed by atoms with E-state index in [1.54, 1.807) is 0 Å². The minimum Gasteiger partial charge on any atom is -0.297 e. The van der Waals surface area contributed by atoms with Crippen LogP contribution in [0.15, 0.2) is 60.7 Å². The number of imidazole rings is 1. The molecule has 1 saturated heterocycles. The molecular weight excluding hydrogens is 366 g/mol. The second-order valence-corrected chi connectivity index (χ2v) is 7.94. The van der Waals surface area contributed by atoms with Gasteiger partial charge in [0.15, 0.2) is 0 Å². The van der Waals surface area contributed by atoms with Gasteiger partial charge < -0.3 is 0 Å². The van der Waals surface area contributed by atoms with Gasteiger partial charge in [-0.1, -0.05) is 54.6 Å². The van der Waals surface area contributed by atoms with E-state index in [2.05, 4.69) is 84.2 Å². The van der Waals surface area contributed by atoms with Crippen LogP contribution in [0.1, 0.15) is 11.4 Å². The molecule has 5 nitrogen and oxygen atoms in total. The smallest absolute Gasteiger partial charge is 0.214 e. The number of aromatic nitrogens is 3. The van der Waals surface area contributed by atoms with E-state index in [1.807, 2.05) is 6.07 Å². The largest absolute Gasteiger partial charge is 0.297 e. The number of piperazine rings is 1. The van der Waals surface area contributed by atoms with Gasteiger partial charge in [-0.05, 0) is 17.7 Å². The van der Waals surface area contributed by atoms with Crippen molar-refractivity contribution in [2.75, 3.05) is 32.7 Å². The van der Waals surface area contributed by atoms with Crippen LogP contribution in [0.2, 0.25) is 0 Å². The van der Waals surface area contributed by atoms with E-state index >= 15 is 0 Å². The fraction of sp³-hybridized carbons (Fsp3) is 0.273. The van der Waals surface area contributed by atoms with Gasteiger partial charge in [0.05, 0.1) is 17.6 Å². The first-order valence-corrected chi connectivity index (χ1v) is 10.5. The number of fused-ring (bicyclic) bond motifs is 3. The minimum absolute atomic E-state index is 0.883. The molecule has 1 fully saturated rings. The van der Waals surface area contributed by atoms with E-state index < -0.39 is 0 Å². The highest BCUT2D eigenvalue weighted by atomic mass is 32.1. The Hall–Kier alpha value is -2.54. The zero-order valence-corrected chi connectivity index (χ0v) is 16.6. The first kappa shape index (κ1) is 17.6. The predicted molar refractivity (Wildman–Crippen MR) is 116 cm³/mol. The first-order valence-electron chi connectivity index (χ1n) is 9.75. The number of hydrogen-bond donors (Lipinski definition) is 0. The Labute approximate surface area is 168 Å². The van der Waals surface area contributed by atoms with Gasteiger partial charge in [0, 0.05) is 44.3 Å². The van der Waals surface area contributed by atoms with Gasteiger partial charge in [0.25, 0.3) is 0 Å². The highest BCUT2D eigenvalue weighted by Crippen LogP contribution is 2.22. The summed E-state index contributed by atoms with van der Waals surface area (Å²) in [6, 6.07) is 18.8. The highest BCUT2D eigenvalue weighted by molar-refractivity contribution is 7.11. The molecule has 0 bridgehead atoms. The zero-order valence-electron chi connectivity index (χ0n) is 15.7. The Morgan fingerprint density at radius 2 is 1.64 bits per heavy atom. The molecule has 0 radical (unpaired) electrons. The molecule has 0 spiro atoms. The highest BCUT2D eigenvalue weighted by Gasteiger charge is 2.19. The van der Waals surface area contributed by atoms with Crippen LogP contribution < -0.4 is 0 Å². The Morgan fingerprint density at radius 3 is 2.50 bits per heavy atom. The van der Waals surface area contributed by atoms with E-state index in [-0.39, 0.29) is 0 Å². The average Bonchev–Trinajstić information content (AvgIpc) is 3.30. The summed E-state index contributed by atoms with van der Waals surface area (Å²) < 4.78 is 6.89. The molecule has 1 aliphatic heterocycles. The molecule has 0 aliphatic carbocycles. The molecule has 6 heteroatoms. The van der Waals surface area contributed by atoms with Gasteiger partial charge in [0.1, 0.15) is 5.82 Å². The molecule has 0 atom stereocenters. The lowest BCUT2D eigenvalue weighted by Crippen LogP contribution is -2.46. The van der Waals surface area contributed by atoms with Crippen molar-refractivity contribution in [3.8, 4) is 0 Å². The number of benzene rings is 2. The number of rotatable bonds is 5. The topological polar surface area (TPSA) is 36.7 Å². The molecule has 0 unspecified atom stereocenters. The van der Waals surface area contributed by atoms with Crippen LogP contribution in [-0.4, -0.2) is 56.3 Å². The van der Waals surface area contributed by atoms with Crippen molar-refractivity contribution in [3.05, 3.63) is 72.1 Å². The molecule has 5 rings (SSSR count). The normalized spacial score (nSPS) is 16.6. The van der Waals surface area contributed by atoms with Crippen molar-refractivity contribution in [3.63, 3.8) is 0 Å². The lowest BCUT2D eigenvalue weighted by Gasteiger charge is -2.33. The maximum absolute atomic E-state index is 4.68. The van der Waals surface area contributed by atoms with Crippen molar-refractivity contribution < 1.29 is 0 Å². The van der Waals surface area contributed by atoms with Crippen LogP contribution >= 0.6 is 11.5 Å². The van der Waals surface area contributed by atoms with Crippen LogP contribution in [0, 0.1) is 0 Å². The van der Waals surface area contributed by atoms with Crippen molar-refractivity contribution in [2.45, 2.75) is 6.54 Å². The second-order valence-electron chi connectivity index (χ2n) is 7.21. The van der Waals surface area contributed by atoms with Gasteiger partial charge in [-0.2, -0.15) is 4.37 Å². The Balaban J connectivity index is 1.20. The summed E-state index contributed by atoms with van der Waals surface area (Å²) in [7, 11) is 0. The van der Waals surface area contributed by atoms with Crippen molar-refractivity contribution in [1.29, 1.82) is 0 Å². The van der Waals surface area contributed by atoms with Gasteiger partial charge in [0.2, 0.25) is 4.96 Å². The molecule has 1 aliphatic rings. The summed E-state index contributed by atoms with van der Waals surface area (Å²) in [6.45, 7) is 6.23. The van der Waals surface area contributed by atoms with Crippen molar-refractivity contribution in [2.24, 2.45) is 0 Å². The summed E-state index contributed by atoms with van der Waals surface area (Å²) in [5.74, 6) is 1.10. The van der Waals surface area contributed by atoms with Gasteiger partial charge >= 0.3 is 0 Å². The monoisotopic (exact) mass is 389 g/mol. The van der Waals surface area contributed by atoms with E-state index in [9.17, 15) is 0 Å². The molecule has 3 heterocycles. The summed E-state index contributed by atoms with van der Waals surface area (Å²) in [6.07, 6.45) is 4.48. The molecule has 142 valence electrons. The molecular formula is C22H23N5S. The SMILES string of the molecule is C(=C\c1ccccc1)/CN1CCN(Cc2nsc3nc4ccccc4n23)CC1. The maximum atomic E-state index is 4.68. The second kappa shape index (κ2) is 7.83. The molecule has 28 heavy (non-hydrogen) atoms. The average molecular weight is 390 g/mol. The van der Waals surface area contributed by atoms with E-state index in [0.29, 0.717) is 0 Å². The van der Waals surface area contributed by atoms with Gasteiger partial charge in [-0.15, -0.1) is 0 Å². The summed E-state index contributed by atoms with van der Waals surface area (Å²) >= 11 is 1.49. The molecule has 0 amide bonds. The lowest BCUT2D eigenvalue weighted by molar-refractivity contribution is 0.134. The Bertz CT molecular complexity index is 1090. The number of para-hydroxylation sites is 2. The fourth-order valence-corrected chi connectivity index (χ4v) is 4.53. The lowest BCUT2D eigenvalue weighted by atomic mass is 10.2. The molecule has 2 aromatic carbocycles. The van der Waals surface area contributed by atoms with E-state index in [4.69, 9.17) is 0 Å². The third-order valence-corrected chi connectivity index (χ3v) is 6.06.